The average molecular weight is 440 g/mol. The van der Waals surface area contributed by atoms with Gasteiger partial charge < -0.3 is 23.7 Å². The molecule has 2 saturated heterocycles. The molecule has 2 fully saturated rings. The summed E-state index contributed by atoms with van der Waals surface area (Å²) < 4.78 is 29.0. The first kappa shape index (κ1) is 21.1. The van der Waals surface area contributed by atoms with Crippen molar-refractivity contribution in [2.75, 3.05) is 5.88 Å². The normalized spacial score (nSPS) is 30.1. The maximum atomic E-state index is 11.5. The minimum atomic E-state index is -0.790. The Bertz CT molecular complexity index is 698. The predicted molar refractivity (Wildman–Crippen MR) is 100 cm³/mol. The van der Waals surface area contributed by atoms with Crippen molar-refractivity contribution in [1.29, 1.82) is 0 Å². The highest BCUT2D eigenvalue weighted by molar-refractivity contribution is 6.42. The third-order valence-corrected chi connectivity index (χ3v) is 5.30. The zero-order chi connectivity index (χ0) is 19.8. The standard InChI is InChI=1S/C18H21Cl3O6/c1-9(24-13(22)7-19)14-15(16-17(25-14)27-18(2,3)26-16)23-8-10-4-5-11(20)12(21)6-10/h4-6,9,14-17H,7-8H2,1-3H3/t9-,14-,15+,16-,17-/m1/s1. The first-order valence-electron chi connectivity index (χ1n) is 8.52. The zero-order valence-electron chi connectivity index (χ0n) is 15.1. The van der Waals surface area contributed by atoms with Crippen molar-refractivity contribution in [3.05, 3.63) is 33.8 Å². The first-order chi connectivity index (χ1) is 12.7. The van der Waals surface area contributed by atoms with Gasteiger partial charge in [0.25, 0.3) is 0 Å². The molecule has 0 amide bonds. The number of carbonyl (C=O) groups excluding carboxylic acids is 1. The second-order valence-electron chi connectivity index (χ2n) is 6.92. The van der Waals surface area contributed by atoms with Crippen LogP contribution in [0.15, 0.2) is 18.2 Å². The van der Waals surface area contributed by atoms with Gasteiger partial charge in [-0.15, -0.1) is 11.6 Å². The van der Waals surface area contributed by atoms with Crippen LogP contribution in [0.3, 0.4) is 0 Å². The SMILES string of the molecule is C[C@@H](OC(=O)CCl)[C@H]1O[C@@H]2OC(C)(C)O[C@@H]2[C@H]1OCc1ccc(Cl)c(Cl)c1. The second-order valence-corrected chi connectivity index (χ2v) is 8.00. The molecule has 6 nitrogen and oxygen atoms in total. The van der Waals surface area contributed by atoms with E-state index in [0.717, 1.165) is 5.56 Å². The summed E-state index contributed by atoms with van der Waals surface area (Å²) in [5.41, 5.74) is 0.843. The van der Waals surface area contributed by atoms with E-state index in [1.165, 1.54) is 0 Å². The van der Waals surface area contributed by atoms with Crippen molar-refractivity contribution in [3.8, 4) is 0 Å². The van der Waals surface area contributed by atoms with Crippen molar-refractivity contribution in [1.82, 2.24) is 0 Å². The van der Waals surface area contributed by atoms with Crippen molar-refractivity contribution in [3.63, 3.8) is 0 Å². The summed E-state index contributed by atoms with van der Waals surface area (Å²) in [4.78, 5) is 11.5. The van der Waals surface area contributed by atoms with Gasteiger partial charge in [0, 0.05) is 0 Å². The molecule has 0 bridgehead atoms. The maximum Gasteiger partial charge on any atom is 0.321 e. The van der Waals surface area contributed by atoms with Crippen LogP contribution in [0.2, 0.25) is 10.0 Å². The largest absolute Gasteiger partial charge is 0.459 e. The van der Waals surface area contributed by atoms with Crippen LogP contribution in [-0.2, 0) is 35.1 Å². The lowest BCUT2D eigenvalue weighted by Crippen LogP contribution is -2.43. The minimum absolute atomic E-state index is 0.237. The highest BCUT2D eigenvalue weighted by Gasteiger charge is 2.57. The number of hydrogen-bond donors (Lipinski definition) is 0. The van der Waals surface area contributed by atoms with Crippen LogP contribution >= 0.6 is 34.8 Å². The van der Waals surface area contributed by atoms with Crippen LogP contribution in [0, 0.1) is 0 Å². The minimum Gasteiger partial charge on any atom is -0.459 e. The summed E-state index contributed by atoms with van der Waals surface area (Å²) in [7, 11) is 0. The molecule has 0 aromatic heterocycles. The lowest BCUT2D eigenvalue weighted by atomic mass is 10.1. The van der Waals surface area contributed by atoms with E-state index in [4.69, 9.17) is 58.5 Å². The van der Waals surface area contributed by atoms with Gasteiger partial charge in [0.1, 0.15) is 30.3 Å². The van der Waals surface area contributed by atoms with Gasteiger partial charge in [-0.2, -0.15) is 0 Å². The first-order valence-corrected chi connectivity index (χ1v) is 9.81. The smallest absolute Gasteiger partial charge is 0.321 e. The summed E-state index contributed by atoms with van der Waals surface area (Å²) in [6.07, 6.45) is -2.72. The van der Waals surface area contributed by atoms with Crippen LogP contribution in [0.1, 0.15) is 26.3 Å². The lowest BCUT2D eigenvalue weighted by molar-refractivity contribution is -0.231. The predicted octanol–water partition coefficient (Wildman–Crippen LogP) is 3.93. The molecule has 0 aliphatic carbocycles. The fraction of sp³-hybridized carbons (Fsp3) is 0.611. The van der Waals surface area contributed by atoms with Gasteiger partial charge in [0.05, 0.1) is 16.7 Å². The van der Waals surface area contributed by atoms with Crippen LogP contribution < -0.4 is 0 Å². The van der Waals surface area contributed by atoms with E-state index in [9.17, 15) is 4.79 Å². The van der Waals surface area contributed by atoms with Gasteiger partial charge in [-0.05, 0) is 38.5 Å². The molecule has 1 aromatic carbocycles. The Morgan fingerprint density at radius 2 is 2.00 bits per heavy atom. The molecule has 0 radical (unpaired) electrons. The third kappa shape index (κ3) is 4.88. The van der Waals surface area contributed by atoms with Crippen LogP contribution in [0.5, 0.6) is 0 Å². The van der Waals surface area contributed by atoms with E-state index >= 15 is 0 Å². The van der Waals surface area contributed by atoms with E-state index < -0.39 is 42.5 Å². The number of rotatable bonds is 6. The molecular formula is C18H21Cl3O6. The van der Waals surface area contributed by atoms with Crippen LogP contribution in [-0.4, -0.2) is 48.3 Å². The third-order valence-electron chi connectivity index (χ3n) is 4.34. The Kier molecular flexibility index (Phi) is 6.58. The molecule has 5 atom stereocenters. The molecule has 2 heterocycles. The van der Waals surface area contributed by atoms with Gasteiger partial charge >= 0.3 is 5.97 Å². The Balaban J connectivity index is 1.73. The molecule has 1 aromatic rings. The Morgan fingerprint density at radius 1 is 1.26 bits per heavy atom. The topological polar surface area (TPSA) is 63.2 Å². The fourth-order valence-corrected chi connectivity index (χ4v) is 3.58. The number of halogens is 3. The summed E-state index contributed by atoms with van der Waals surface area (Å²) in [5.74, 6) is -1.56. The fourth-order valence-electron chi connectivity index (χ4n) is 3.20. The molecule has 150 valence electrons. The Morgan fingerprint density at radius 3 is 2.67 bits per heavy atom. The molecule has 0 saturated carbocycles. The maximum absolute atomic E-state index is 11.5. The highest BCUT2D eigenvalue weighted by atomic mass is 35.5. The number of benzene rings is 1. The molecule has 0 N–H and O–H groups in total. The average Bonchev–Trinajstić information content (AvgIpc) is 3.07. The lowest BCUT2D eigenvalue weighted by Gasteiger charge is -2.29. The van der Waals surface area contributed by atoms with Gasteiger partial charge in [-0.1, -0.05) is 29.3 Å². The van der Waals surface area contributed by atoms with Gasteiger partial charge in [0.2, 0.25) is 0 Å². The van der Waals surface area contributed by atoms with Crippen LogP contribution in [0.4, 0.5) is 0 Å². The van der Waals surface area contributed by atoms with Gasteiger partial charge in [-0.25, -0.2) is 0 Å². The monoisotopic (exact) mass is 438 g/mol. The number of carbonyl (C=O) groups is 1. The molecule has 2 aliphatic rings. The number of fused-ring (bicyclic) bond motifs is 1. The summed E-state index contributed by atoms with van der Waals surface area (Å²) in [6, 6.07) is 5.26. The Hall–Kier alpha value is -0.600. The van der Waals surface area contributed by atoms with E-state index in [0.29, 0.717) is 10.0 Å². The molecule has 2 aliphatic heterocycles. The van der Waals surface area contributed by atoms with Crippen molar-refractivity contribution in [2.45, 2.75) is 63.9 Å². The van der Waals surface area contributed by atoms with Crippen LogP contribution in [0.25, 0.3) is 0 Å². The van der Waals surface area contributed by atoms with Gasteiger partial charge in [-0.3, -0.25) is 4.79 Å². The van der Waals surface area contributed by atoms with Crippen molar-refractivity contribution in [2.24, 2.45) is 0 Å². The number of ether oxygens (including phenoxy) is 5. The number of alkyl halides is 1. The highest BCUT2D eigenvalue weighted by Crippen LogP contribution is 2.40. The summed E-state index contributed by atoms with van der Waals surface area (Å²) >= 11 is 17.5. The molecule has 3 rings (SSSR count). The van der Waals surface area contributed by atoms with Crippen molar-refractivity contribution >= 4 is 40.8 Å². The molecule has 0 spiro atoms. The summed E-state index contributed by atoms with van der Waals surface area (Å²) in [5, 5.41) is 0.916. The van der Waals surface area contributed by atoms with E-state index in [-0.39, 0.29) is 12.5 Å². The molecular weight excluding hydrogens is 419 g/mol. The number of hydrogen-bond acceptors (Lipinski definition) is 6. The molecule has 27 heavy (non-hydrogen) atoms. The number of esters is 1. The molecule has 0 unspecified atom stereocenters. The zero-order valence-corrected chi connectivity index (χ0v) is 17.4. The quantitative estimate of drug-likeness (QED) is 0.494. The van der Waals surface area contributed by atoms with Crippen molar-refractivity contribution < 1.29 is 28.5 Å². The summed E-state index contributed by atoms with van der Waals surface area (Å²) in [6.45, 7) is 5.58. The molecule has 9 heteroatoms. The second kappa shape index (κ2) is 8.41. The Labute approximate surface area is 172 Å². The van der Waals surface area contributed by atoms with E-state index in [2.05, 4.69) is 0 Å². The van der Waals surface area contributed by atoms with E-state index in [1.807, 2.05) is 6.07 Å². The van der Waals surface area contributed by atoms with E-state index in [1.54, 1.807) is 32.9 Å². The van der Waals surface area contributed by atoms with Gasteiger partial charge in [0.15, 0.2) is 12.1 Å².